The first-order valence-electron chi connectivity index (χ1n) is 17.0. The summed E-state index contributed by atoms with van der Waals surface area (Å²) in [7, 11) is 0. The average Bonchev–Trinajstić information content (AvgIpc) is 3.58. The molecular weight excluding hydrogens is 628 g/mol. The molecule has 0 bridgehead atoms. The average molecular weight is 677 g/mol. The molecule has 2 aliphatic rings. The lowest BCUT2D eigenvalue weighted by Crippen LogP contribution is -2.62. The van der Waals surface area contributed by atoms with E-state index in [0.717, 1.165) is 5.56 Å². The molecular formula is C36H48N6O7. The van der Waals surface area contributed by atoms with Crippen molar-refractivity contribution in [3.8, 4) is 5.75 Å². The zero-order chi connectivity index (χ0) is 35.7. The summed E-state index contributed by atoms with van der Waals surface area (Å²) in [6.45, 7) is 7.04. The van der Waals surface area contributed by atoms with Crippen molar-refractivity contribution in [2.75, 3.05) is 13.1 Å². The first kappa shape index (κ1) is 36.9. The minimum absolute atomic E-state index is 0.0170. The number of nitrogens with zero attached hydrogens (tertiary/aromatic N) is 1. The number of carbonyl (C=O) groups excluding carboxylic acids is 6. The molecule has 2 fully saturated rings. The molecule has 2 heterocycles. The number of rotatable bonds is 7. The van der Waals surface area contributed by atoms with Crippen LogP contribution in [0.5, 0.6) is 5.75 Å². The van der Waals surface area contributed by atoms with E-state index in [1.54, 1.807) is 32.9 Å². The summed E-state index contributed by atoms with van der Waals surface area (Å²) in [6, 6.07) is 10.1. The van der Waals surface area contributed by atoms with E-state index in [4.69, 9.17) is 0 Å². The molecule has 13 heteroatoms. The highest BCUT2D eigenvalue weighted by molar-refractivity contribution is 5.98. The Kier molecular flexibility index (Phi) is 12.8. The Morgan fingerprint density at radius 2 is 1.35 bits per heavy atom. The predicted molar refractivity (Wildman–Crippen MR) is 182 cm³/mol. The lowest BCUT2D eigenvalue weighted by atomic mass is 9.96. The van der Waals surface area contributed by atoms with Gasteiger partial charge in [0.1, 0.15) is 36.0 Å². The maximum absolute atomic E-state index is 14.2. The highest BCUT2D eigenvalue weighted by Crippen LogP contribution is 2.21. The lowest BCUT2D eigenvalue weighted by molar-refractivity contribution is -0.142. The molecule has 6 unspecified atom stereocenters. The predicted octanol–water partition coefficient (Wildman–Crippen LogP) is 0.940. The Bertz CT molecular complexity index is 1500. The Labute approximate surface area is 287 Å². The Morgan fingerprint density at radius 3 is 2.00 bits per heavy atom. The molecule has 0 aliphatic carbocycles. The summed E-state index contributed by atoms with van der Waals surface area (Å²) in [5.41, 5.74) is 1.41. The van der Waals surface area contributed by atoms with Gasteiger partial charge in [0.2, 0.25) is 35.4 Å². The van der Waals surface area contributed by atoms with Crippen molar-refractivity contribution in [2.24, 2.45) is 11.8 Å². The van der Waals surface area contributed by atoms with Gasteiger partial charge in [-0.05, 0) is 47.9 Å². The maximum atomic E-state index is 14.2. The van der Waals surface area contributed by atoms with Gasteiger partial charge in [0, 0.05) is 19.4 Å². The molecule has 6 atom stereocenters. The van der Waals surface area contributed by atoms with E-state index < -0.39 is 78.1 Å². The largest absolute Gasteiger partial charge is 0.508 e. The number of hydrogen-bond donors (Lipinski definition) is 6. The fourth-order valence-corrected chi connectivity index (χ4v) is 6.15. The van der Waals surface area contributed by atoms with Crippen molar-refractivity contribution in [1.29, 1.82) is 0 Å². The summed E-state index contributed by atoms with van der Waals surface area (Å²) >= 11 is 0. The molecule has 4 rings (SSSR count). The zero-order valence-electron chi connectivity index (χ0n) is 28.5. The number of aromatic hydroxyl groups is 1. The van der Waals surface area contributed by atoms with Crippen LogP contribution in [0.1, 0.15) is 58.1 Å². The molecule has 2 saturated heterocycles. The molecule has 0 saturated carbocycles. The molecule has 0 aromatic heterocycles. The fraction of sp³-hybridized carbons (Fsp3) is 0.500. The Hall–Kier alpha value is -4.94. The van der Waals surface area contributed by atoms with Gasteiger partial charge in [0.25, 0.3) is 0 Å². The summed E-state index contributed by atoms with van der Waals surface area (Å²) in [6.07, 6.45) is 1.61. The van der Waals surface area contributed by atoms with Crippen LogP contribution in [-0.4, -0.2) is 88.7 Å². The van der Waals surface area contributed by atoms with Crippen LogP contribution in [0, 0.1) is 11.8 Å². The van der Waals surface area contributed by atoms with Gasteiger partial charge >= 0.3 is 0 Å². The molecule has 2 aliphatic heterocycles. The summed E-state index contributed by atoms with van der Waals surface area (Å²) < 4.78 is 0. The number of benzene rings is 2. The van der Waals surface area contributed by atoms with Crippen LogP contribution in [0.15, 0.2) is 54.6 Å². The van der Waals surface area contributed by atoms with Crippen molar-refractivity contribution in [3.63, 3.8) is 0 Å². The van der Waals surface area contributed by atoms with Gasteiger partial charge in [0.15, 0.2) is 0 Å². The van der Waals surface area contributed by atoms with E-state index in [9.17, 15) is 33.9 Å². The van der Waals surface area contributed by atoms with E-state index in [-0.39, 0.29) is 31.1 Å². The molecule has 6 amide bonds. The van der Waals surface area contributed by atoms with Crippen molar-refractivity contribution in [3.05, 3.63) is 65.7 Å². The highest BCUT2D eigenvalue weighted by Gasteiger charge is 2.39. The summed E-state index contributed by atoms with van der Waals surface area (Å²) in [4.78, 5) is 83.6. The Balaban J connectivity index is 1.74. The highest BCUT2D eigenvalue weighted by atomic mass is 16.3. The molecule has 6 N–H and O–H groups in total. The van der Waals surface area contributed by atoms with Crippen molar-refractivity contribution < 1.29 is 33.9 Å². The SMILES string of the molecule is CCC(C)C1NC(=O)CNC(=O)C2CCCN2C(=O)C(Cc2ccccc2)NC(=O)C(Cc2ccc(O)cc2)NC(=O)C(C(C)C)NC1=O. The van der Waals surface area contributed by atoms with Crippen LogP contribution in [0.25, 0.3) is 0 Å². The van der Waals surface area contributed by atoms with Crippen molar-refractivity contribution in [1.82, 2.24) is 31.5 Å². The fourth-order valence-electron chi connectivity index (χ4n) is 6.15. The smallest absolute Gasteiger partial charge is 0.246 e. The van der Waals surface area contributed by atoms with Gasteiger partial charge in [-0.25, -0.2) is 0 Å². The van der Waals surface area contributed by atoms with Gasteiger partial charge in [-0.3, -0.25) is 28.8 Å². The number of phenols is 1. The van der Waals surface area contributed by atoms with E-state index in [2.05, 4.69) is 26.6 Å². The second-order valence-corrected chi connectivity index (χ2v) is 13.3. The quantitative estimate of drug-likeness (QED) is 0.252. The molecule has 2 aromatic carbocycles. The van der Waals surface area contributed by atoms with Crippen molar-refractivity contribution in [2.45, 2.75) is 90.0 Å². The number of nitrogens with one attached hydrogen (secondary N) is 5. The van der Waals surface area contributed by atoms with E-state index in [0.29, 0.717) is 24.8 Å². The number of carbonyl (C=O) groups is 6. The van der Waals surface area contributed by atoms with Crippen LogP contribution < -0.4 is 26.6 Å². The summed E-state index contributed by atoms with van der Waals surface area (Å²) in [5.74, 6) is -4.04. The van der Waals surface area contributed by atoms with Gasteiger partial charge in [-0.1, -0.05) is 76.6 Å². The second-order valence-electron chi connectivity index (χ2n) is 13.3. The number of amides is 6. The molecule has 2 aromatic rings. The number of fused-ring (bicyclic) bond motifs is 1. The monoisotopic (exact) mass is 676 g/mol. The van der Waals surface area contributed by atoms with Crippen LogP contribution in [0.3, 0.4) is 0 Å². The first-order valence-corrected chi connectivity index (χ1v) is 17.0. The van der Waals surface area contributed by atoms with Crippen LogP contribution >= 0.6 is 0 Å². The third kappa shape index (κ3) is 9.80. The lowest BCUT2D eigenvalue weighted by Gasteiger charge is -2.31. The topological polar surface area (TPSA) is 186 Å². The molecule has 49 heavy (non-hydrogen) atoms. The maximum Gasteiger partial charge on any atom is 0.246 e. The number of hydrogen-bond acceptors (Lipinski definition) is 7. The molecule has 13 nitrogen and oxygen atoms in total. The van der Waals surface area contributed by atoms with Crippen LogP contribution in [0.2, 0.25) is 0 Å². The minimum Gasteiger partial charge on any atom is -0.508 e. The summed E-state index contributed by atoms with van der Waals surface area (Å²) in [5, 5.41) is 23.6. The molecule has 264 valence electrons. The van der Waals surface area contributed by atoms with E-state index >= 15 is 0 Å². The van der Waals surface area contributed by atoms with Crippen molar-refractivity contribution >= 4 is 35.4 Å². The van der Waals surface area contributed by atoms with E-state index in [1.165, 1.54) is 17.0 Å². The zero-order valence-corrected chi connectivity index (χ0v) is 28.5. The third-order valence-corrected chi connectivity index (χ3v) is 9.23. The molecule has 0 radical (unpaired) electrons. The standard InChI is InChI=1S/C36H48N6O7/c1-5-22(4)31-35(48)41-30(21(2)3)34(47)38-26(18-24-13-15-25(43)16-14-24)32(45)39-27(19-23-10-7-6-8-11-23)36(49)42-17-9-12-28(42)33(46)37-20-29(44)40-31/h6-8,10-11,13-16,21-22,26-28,30-31,43H,5,9,12,17-20H2,1-4H3,(H,37,46)(H,38,47)(H,39,45)(H,40,44)(H,41,48). The van der Waals surface area contributed by atoms with Crippen LogP contribution in [-0.2, 0) is 41.6 Å². The third-order valence-electron chi connectivity index (χ3n) is 9.23. The van der Waals surface area contributed by atoms with Gasteiger partial charge in [0.05, 0.1) is 6.54 Å². The van der Waals surface area contributed by atoms with Crippen LogP contribution in [0.4, 0.5) is 0 Å². The second kappa shape index (κ2) is 16.9. The van der Waals surface area contributed by atoms with Gasteiger partial charge in [-0.15, -0.1) is 0 Å². The normalized spacial score (nSPS) is 25.2. The van der Waals surface area contributed by atoms with Gasteiger partial charge < -0.3 is 36.6 Å². The minimum atomic E-state index is -1.18. The molecule has 0 spiro atoms. The Morgan fingerprint density at radius 1 is 0.735 bits per heavy atom. The van der Waals surface area contributed by atoms with E-state index in [1.807, 2.05) is 37.3 Å². The van der Waals surface area contributed by atoms with Gasteiger partial charge in [-0.2, -0.15) is 0 Å². The number of phenolic OH excluding ortho intramolecular Hbond substituents is 1. The first-order chi connectivity index (χ1) is 23.4.